The van der Waals surface area contributed by atoms with Gasteiger partial charge in [-0.15, -0.1) is 0 Å². The normalized spacial score (nSPS) is 15.1. The Morgan fingerprint density at radius 3 is 2.51 bits per heavy atom. The van der Waals surface area contributed by atoms with Crippen LogP contribution in [0.5, 0.6) is 5.75 Å². The lowest BCUT2D eigenvalue weighted by molar-refractivity contribution is -0.122. The maximum absolute atomic E-state index is 13.5. The summed E-state index contributed by atoms with van der Waals surface area (Å²) >= 11 is 0. The number of ether oxygens (including phenoxy) is 1. The number of aryl methyl sites for hydroxylation is 1. The maximum atomic E-state index is 13.5. The van der Waals surface area contributed by atoms with E-state index < -0.39 is 17.6 Å². The van der Waals surface area contributed by atoms with E-state index in [-0.39, 0.29) is 30.3 Å². The van der Waals surface area contributed by atoms with Gasteiger partial charge < -0.3 is 20.3 Å². The minimum Gasteiger partial charge on any atom is -0.495 e. The van der Waals surface area contributed by atoms with Crippen molar-refractivity contribution in [1.29, 1.82) is 0 Å². The van der Waals surface area contributed by atoms with Gasteiger partial charge in [0.05, 0.1) is 18.7 Å². The smallest absolute Gasteiger partial charge is 0.255 e. The SMILES string of the molecule is CCc1ccc(N2CC(C(=O)Nc3ccc(OC)c(NC(=O)c4cccc(F)c4)c3)CC2=O)cc1. The highest BCUT2D eigenvalue weighted by Gasteiger charge is 2.35. The van der Waals surface area contributed by atoms with Crippen molar-refractivity contribution in [2.75, 3.05) is 29.2 Å². The predicted octanol–water partition coefficient (Wildman–Crippen LogP) is 4.64. The van der Waals surface area contributed by atoms with Crippen LogP contribution in [0.25, 0.3) is 0 Å². The largest absolute Gasteiger partial charge is 0.495 e. The van der Waals surface area contributed by atoms with Gasteiger partial charge in [0.25, 0.3) is 5.91 Å². The summed E-state index contributed by atoms with van der Waals surface area (Å²) in [6.45, 7) is 2.35. The summed E-state index contributed by atoms with van der Waals surface area (Å²) in [4.78, 5) is 39.7. The van der Waals surface area contributed by atoms with Crippen molar-refractivity contribution in [3.05, 3.63) is 83.7 Å². The van der Waals surface area contributed by atoms with Gasteiger partial charge in [0.1, 0.15) is 11.6 Å². The van der Waals surface area contributed by atoms with Crippen molar-refractivity contribution < 1.29 is 23.5 Å². The van der Waals surface area contributed by atoms with Crippen molar-refractivity contribution in [2.24, 2.45) is 5.92 Å². The molecule has 3 aromatic carbocycles. The lowest BCUT2D eigenvalue weighted by Gasteiger charge is -2.17. The molecule has 0 aromatic heterocycles. The van der Waals surface area contributed by atoms with E-state index in [2.05, 4.69) is 17.6 Å². The molecule has 0 bridgehead atoms. The van der Waals surface area contributed by atoms with Gasteiger partial charge >= 0.3 is 0 Å². The highest BCUT2D eigenvalue weighted by Crippen LogP contribution is 2.30. The molecule has 8 heteroatoms. The molecular weight excluding hydrogens is 449 g/mol. The number of amides is 3. The van der Waals surface area contributed by atoms with E-state index in [0.29, 0.717) is 17.1 Å². The Hall–Kier alpha value is -4.20. The van der Waals surface area contributed by atoms with Crippen molar-refractivity contribution in [3.63, 3.8) is 0 Å². The number of carbonyl (C=O) groups excluding carboxylic acids is 3. The van der Waals surface area contributed by atoms with Crippen LogP contribution in [0.15, 0.2) is 66.7 Å². The van der Waals surface area contributed by atoms with Crippen LogP contribution in [0.2, 0.25) is 0 Å². The van der Waals surface area contributed by atoms with Gasteiger partial charge in [-0.3, -0.25) is 14.4 Å². The molecule has 1 atom stereocenters. The summed E-state index contributed by atoms with van der Waals surface area (Å²) in [5.74, 6) is -1.57. The van der Waals surface area contributed by atoms with Gasteiger partial charge in [-0.05, 0) is 60.5 Å². The number of nitrogens with zero attached hydrogens (tertiary/aromatic N) is 1. The molecule has 0 spiro atoms. The van der Waals surface area contributed by atoms with Crippen LogP contribution in [-0.4, -0.2) is 31.4 Å². The van der Waals surface area contributed by atoms with E-state index in [1.54, 1.807) is 23.1 Å². The van der Waals surface area contributed by atoms with Gasteiger partial charge in [0, 0.05) is 29.9 Å². The summed E-state index contributed by atoms with van der Waals surface area (Å²) in [7, 11) is 1.46. The summed E-state index contributed by atoms with van der Waals surface area (Å²) in [5, 5.41) is 5.51. The van der Waals surface area contributed by atoms with Crippen molar-refractivity contribution in [2.45, 2.75) is 19.8 Å². The number of hydrogen-bond acceptors (Lipinski definition) is 4. The predicted molar refractivity (Wildman–Crippen MR) is 132 cm³/mol. The van der Waals surface area contributed by atoms with E-state index >= 15 is 0 Å². The number of nitrogens with one attached hydrogen (secondary N) is 2. The first-order chi connectivity index (χ1) is 16.9. The molecule has 3 aromatic rings. The van der Waals surface area contributed by atoms with E-state index in [1.807, 2.05) is 24.3 Å². The fourth-order valence-electron chi connectivity index (χ4n) is 4.00. The van der Waals surface area contributed by atoms with Crippen LogP contribution in [0.3, 0.4) is 0 Å². The van der Waals surface area contributed by atoms with Gasteiger partial charge in [-0.1, -0.05) is 25.1 Å². The van der Waals surface area contributed by atoms with Crippen LogP contribution in [-0.2, 0) is 16.0 Å². The number of anilines is 3. The summed E-state index contributed by atoms with van der Waals surface area (Å²) in [6.07, 6.45) is 1.02. The fourth-order valence-corrected chi connectivity index (χ4v) is 4.00. The Morgan fingerprint density at radius 1 is 1.06 bits per heavy atom. The zero-order valence-electron chi connectivity index (χ0n) is 19.5. The molecule has 3 amide bonds. The molecule has 1 aliphatic heterocycles. The molecule has 35 heavy (non-hydrogen) atoms. The van der Waals surface area contributed by atoms with E-state index in [1.165, 1.54) is 30.9 Å². The first kappa shape index (κ1) is 23.9. The average molecular weight is 476 g/mol. The molecular formula is C27H26FN3O4. The van der Waals surface area contributed by atoms with Gasteiger partial charge in [-0.25, -0.2) is 4.39 Å². The lowest BCUT2D eigenvalue weighted by Crippen LogP contribution is -2.28. The zero-order valence-corrected chi connectivity index (χ0v) is 19.5. The molecule has 1 fully saturated rings. The molecule has 2 N–H and O–H groups in total. The first-order valence-electron chi connectivity index (χ1n) is 11.3. The van der Waals surface area contributed by atoms with E-state index in [4.69, 9.17) is 4.74 Å². The Morgan fingerprint density at radius 2 is 1.83 bits per heavy atom. The number of rotatable bonds is 7. The van der Waals surface area contributed by atoms with Crippen molar-refractivity contribution >= 4 is 34.8 Å². The highest BCUT2D eigenvalue weighted by atomic mass is 19.1. The third kappa shape index (κ3) is 5.48. The maximum Gasteiger partial charge on any atom is 0.255 e. The van der Waals surface area contributed by atoms with Crippen LogP contribution < -0.4 is 20.3 Å². The van der Waals surface area contributed by atoms with Crippen molar-refractivity contribution in [1.82, 2.24) is 0 Å². The summed E-state index contributed by atoms with van der Waals surface area (Å²) < 4.78 is 18.8. The second-order valence-electron chi connectivity index (χ2n) is 8.29. The molecule has 1 aliphatic rings. The Balaban J connectivity index is 1.45. The number of hydrogen-bond donors (Lipinski definition) is 2. The Labute approximate surface area is 202 Å². The molecule has 1 heterocycles. The molecule has 0 aliphatic carbocycles. The minimum absolute atomic E-state index is 0.104. The molecule has 4 rings (SSSR count). The Kier molecular flexibility index (Phi) is 7.10. The summed E-state index contributed by atoms with van der Waals surface area (Å²) in [6, 6.07) is 17.9. The average Bonchev–Trinajstić information content (AvgIpc) is 3.26. The standard InChI is InChI=1S/C27H26FN3O4/c1-3-17-7-10-22(11-8-17)31-16-19(14-25(31)32)27(34)29-21-9-12-24(35-2)23(15-21)30-26(33)18-5-4-6-20(28)13-18/h4-13,15,19H,3,14,16H2,1-2H3,(H,29,34)(H,30,33). The second kappa shape index (κ2) is 10.4. The number of carbonyl (C=O) groups is 3. The topological polar surface area (TPSA) is 87.7 Å². The van der Waals surface area contributed by atoms with E-state index in [9.17, 15) is 18.8 Å². The third-order valence-corrected chi connectivity index (χ3v) is 5.95. The van der Waals surface area contributed by atoms with Crippen LogP contribution >= 0.6 is 0 Å². The van der Waals surface area contributed by atoms with Gasteiger partial charge in [0.15, 0.2) is 0 Å². The third-order valence-electron chi connectivity index (χ3n) is 5.95. The highest BCUT2D eigenvalue weighted by molar-refractivity contribution is 6.06. The van der Waals surface area contributed by atoms with Gasteiger partial charge in [0.2, 0.25) is 11.8 Å². The van der Waals surface area contributed by atoms with Gasteiger partial charge in [-0.2, -0.15) is 0 Å². The van der Waals surface area contributed by atoms with Crippen LogP contribution in [0.1, 0.15) is 29.3 Å². The lowest BCUT2D eigenvalue weighted by atomic mass is 10.1. The quantitative estimate of drug-likeness (QED) is 0.521. The first-order valence-corrected chi connectivity index (χ1v) is 11.3. The number of methoxy groups -OCH3 is 1. The number of halogens is 1. The fraction of sp³-hybridized carbons (Fsp3) is 0.222. The molecule has 180 valence electrons. The second-order valence-corrected chi connectivity index (χ2v) is 8.29. The number of benzene rings is 3. The molecule has 1 saturated heterocycles. The van der Waals surface area contributed by atoms with Crippen LogP contribution in [0.4, 0.5) is 21.5 Å². The molecule has 0 radical (unpaired) electrons. The van der Waals surface area contributed by atoms with E-state index in [0.717, 1.165) is 18.2 Å². The monoisotopic (exact) mass is 475 g/mol. The molecule has 7 nitrogen and oxygen atoms in total. The zero-order chi connectivity index (χ0) is 24.9. The van der Waals surface area contributed by atoms with Crippen LogP contribution in [0, 0.1) is 11.7 Å². The van der Waals surface area contributed by atoms with Crippen molar-refractivity contribution in [3.8, 4) is 5.75 Å². The molecule has 1 unspecified atom stereocenters. The minimum atomic E-state index is -0.521. The molecule has 0 saturated carbocycles. The summed E-state index contributed by atoms with van der Waals surface area (Å²) in [5.41, 5.74) is 2.85. The Bertz CT molecular complexity index is 1260.